The zero-order chi connectivity index (χ0) is 41.0. The van der Waals surface area contributed by atoms with Crippen LogP contribution in [0.3, 0.4) is 0 Å². The molecule has 0 fully saturated rings. The van der Waals surface area contributed by atoms with Crippen molar-refractivity contribution >= 4 is 65.0 Å². The molecule has 0 atom stereocenters. The van der Waals surface area contributed by atoms with Crippen molar-refractivity contribution in [3.05, 3.63) is 152 Å². The molecule has 1 aromatic heterocycles. The highest BCUT2D eigenvalue weighted by Gasteiger charge is 2.30. The summed E-state index contributed by atoms with van der Waals surface area (Å²) < 4.78 is 6.08. The lowest BCUT2D eigenvalue weighted by Crippen LogP contribution is -1.93. The fourth-order valence-electron chi connectivity index (χ4n) is 9.03. The summed E-state index contributed by atoms with van der Waals surface area (Å²) in [6, 6.07) is 50.5. The van der Waals surface area contributed by atoms with Crippen LogP contribution in [0.1, 0.15) is 0 Å². The number of phenolic OH excluding ortho intramolecular Hbond substituents is 7. The van der Waals surface area contributed by atoms with E-state index < -0.39 is 45.6 Å². The molecule has 11 rings (SSSR count). The summed E-state index contributed by atoms with van der Waals surface area (Å²) in [4.78, 5) is 0. The van der Waals surface area contributed by atoms with Crippen LogP contribution in [0.2, 0.25) is 0 Å². The lowest BCUT2D eigenvalue weighted by molar-refractivity contribution is 0.347. The molecular formula is C52H32O8. The van der Waals surface area contributed by atoms with Crippen LogP contribution in [0, 0.1) is 0 Å². The van der Waals surface area contributed by atoms with E-state index in [4.69, 9.17) is 4.42 Å². The first-order valence-corrected chi connectivity index (χ1v) is 19.2. The standard InChI is InChI=1S/C52H32O8/c53-46-42(44-45(48(55)50(46)57)49(56)52(59)51(58)47(44)54)30-20-22-36-38(25-30)41(34-12-3-4-13-35(34)43(36)33-14-7-9-27-8-1-2-10-31(27)33)28-18-16-26(17-19-28)29-21-23-40-37(24-29)32-11-5-6-15-39(32)60-40/h1-25,53-59H. The largest absolute Gasteiger partial charge is 0.504 e. The quantitative estimate of drug-likeness (QED) is 0.0528. The SMILES string of the molecule is Oc1c(O)c(O)c2c(-c3ccc4c(-c5cccc6ccccc56)c5ccccc5c(-c5ccc(-c6ccc7oc8ccccc8c7c6)cc5)c4c3)c(O)c(O)c(O)c2c1O. The van der Waals surface area contributed by atoms with Gasteiger partial charge in [0.1, 0.15) is 11.2 Å². The highest BCUT2D eigenvalue weighted by molar-refractivity contribution is 6.25. The third kappa shape index (κ3) is 4.91. The molecule has 8 nitrogen and oxygen atoms in total. The van der Waals surface area contributed by atoms with Crippen LogP contribution in [-0.2, 0) is 0 Å². The van der Waals surface area contributed by atoms with Crippen LogP contribution < -0.4 is 0 Å². The molecule has 0 radical (unpaired) electrons. The van der Waals surface area contributed by atoms with Gasteiger partial charge in [-0.1, -0.05) is 127 Å². The van der Waals surface area contributed by atoms with Crippen molar-refractivity contribution < 1.29 is 40.2 Å². The van der Waals surface area contributed by atoms with E-state index in [0.717, 1.165) is 87.6 Å². The Morgan fingerprint density at radius 3 is 1.55 bits per heavy atom. The topological polar surface area (TPSA) is 155 Å². The molecule has 0 saturated carbocycles. The second kappa shape index (κ2) is 12.8. The molecular weight excluding hydrogens is 753 g/mol. The number of rotatable bonds is 4. The number of fused-ring (bicyclic) bond motifs is 7. The van der Waals surface area contributed by atoms with Crippen molar-refractivity contribution in [1.29, 1.82) is 0 Å². The fourth-order valence-corrected chi connectivity index (χ4v) is 9.03. The van der Waals surface area contributed by atoms with Gasteiger partial charge in [0.2, 0.25) is 17.2 Å². The zero-order valence-corrected chi connectivity index (χ0v) is 31.5. The summed E-state index contributed by atoms with van der Waals surface area (Å²) in [6.07, 6.45) is 0. The molecule has 0 spiro atoms. The highest BCUT2D eigenvalue weighted by atomic mass is 16.4. The van der Waals surface area contributed by atoms with Crippen LogP contribution in [0.4, 0.5) is 0 Å². The van der Waals surface area contributed by atoms with Crippen molar-refractivity contribution in [1.82, 2.24) is 0 Å². The summed E-state index contributed by atoms with van der Waals surface area (Å²) in [5.41, 5.74) is 7.49. The molecule has 60 heavy (non-hydrogen) atoms. The third-order valence-electron chi connectivity index (χ3n) is 11.8. The van der Waals surface area contributed by atoms with Gasteiger partial charge >= 0.3 is 0 Å². The molecule has 0 bridgehead atoms. The Balaban J connectivity index is 1.21. The van der Waals surface area contributed by atoms with E-state index in [9.17, 15) is 35.7 Å². The Hall–Kier alpha value is -8.36. The second-order valence-corrected chi connectivity index (χ2v) is 15.0. The number of hydrogen-bond acceptors (Lipinski definition) is 8. The van der Waals surface area contributed by atoms with Crippen LogP contribution in [0.25, 0.3) is 110 Å². The normalized spacial score (nSPS) is 11.8. The molecule has 10 aromatic carbocycles. The zero-order valence-electron chi connectivity index (χ0n) is 31.5. The smallest absolute Gasteiger partial charge is 0.205 e. The van der Waals surface area contributed by atoms with E-state index >= 15 is 0 Å². The number of benzene rings is 10. The average Bonchev–Trinajstić information content (AvgIpc) is 3.66. The van der Waals surface area contributed by atoms with Gasteiger partial charge in [-0.3, -0.25) is 0 Å². The maximum absolute atomic E-state index is 11.5. The highest BCUT2D eigenvalue weighted by Crippen LogP contribution is 2.60. The van der Waals surface area contributed by atoms with Gasteiger partial charge in [-0.15, -0.1) is 0 Å². The summed E-state index contributed by atoms with van der Waals surface area (Å²) >= 11 is 0. The number of phenols is 7. The predicted molar refractivity (Wildman–Crippen MR) is 237 cm³/mol. The van der Waals surface area contributed by atoms with Crippen LogP contribution >= 0.6 is 0 Å². The molecule has 1 heterocycles. The monoisotopic (exact) mass is 784 g/mol. The molecule has 0 unspecified atom stereocenters. The van der Waals surface area contributed by atoms with Crippen LogP contribution in [0.15, 0.2) is 156 Å². The lowest BCUT2D eigenvalue weighted by atomic mass is 9.83. The number of para-hydroxylation sites is 1. The van der Waals surface area contributed by atoms with Crippen molar-refractivity contribution in [2.75, 3.05) is 0 Å². The second-order valence-electron chi connectivity index (χ2n) is 15.0. The van der Waals surface area contributed by atoms with Crippen molar-refractivity contribution in [3.63, 3.8) is 0 Å². The first kappa shape index (κ1) is 34.9. The van der Waals surface area contributed by atoms with Crippen molar-refractivity contribution in [2.45, 2.75) is 0 Å². The Labute approximate surface area is 340 Å². The first-order valence-electron chi connectivity index (χ1n) is 19.2. The number of aromatic hydroxyl groups is 7. The fraction of sp³-hybridized carbons (Fsp3) is 0. The minimum absolute atomic E-state index is 0.186. The van der Waals surface area contributed by atoms with Crippen LogP contribution in [0.5, 0.6) is 40.2 Å². The molecule has 0 aliphatic carbocycles. The average molecular weight is 785 g/mol. The third-order valence-corrected chi connectivity index (χ3v) is 11.8. The Morgan fingerprint density at radius 1 is 0.283 bits per heavy atom. The van der Waals surface area contributed by atoms with Crippen molar-refractivity contribution in [3.8, 4) is 84.8 Å². The number of furan rings is 1. The van der Waals surface area contributed by atoms with Gasteiger partial charge < -0.3 is 40.2 Å². The van der Waals surface area contributed by atoms with Gasteiger partial charge in [-0.05, 0) is 95.5 Å². The molecule has 0 aliphatic heterocycles. The predicted octanol–water partition coefficient (Wildman–Crippen LogP) is 12.8. The van der Waals surface area contributed by atoms with Gasteiger partial charge in [0.25, 0.3) is 0 Å². The molecule has 288 valence electrons. The summed E-state index contributed by atoms with van der Waals surface area (Å²) in [7, 11) is 0. The Kier molecular flexibility index (Phi) is 7.45. The maximum Gasteiger partial charge on any atom is 0.205 e. The van der Waals surface area contributed by atoms with Gasteiger partial charge in [0, 0.05) is 21.7 Å². The minimum atomic E-state index is -1.10. The summed E-state index contributed by atoms with van der Waals surface area (Å²) in [5.74, 6) is -6.82. The van der Waals surface area contributed by atoms with E-state index in [0.29, 0.717) is 0 Å². The molecule has 11 aromatic rings. The summed E-state index contributed by atoms with van der Waals surface area (Å²) in [6.45, 7) is 0. The Bertz CT molecular complexity index is 3610. The molecule has 0 saturated heterocycles. The van der Waals surface area contributed by atoms with E-state index in [1.807, 2.05) is 72.8 Å². The minimum Gasteiger partial charge on any atom is -0.504 e. The molecule has 7 N–H and O–H groups in total. The van der Waals surface area contributed by atoms with Crippen molar-refractivity contribution in [2.24, 2.45) is 0 Å². The van der Waals surface area contributed by atoms with Gasteiger partial charge in [0.15, 0.2) is 23.0 Å². The van der Waals surface area contributed by atoms with Gasteiger partial charge in [-0.25, -0.2) is 0 Å². The maximum atomic E-state index is 11.5. The van der Waals surface area contributed by atoms with Gasteiger partial charge in [-0.2, -0.15) is 0 Å². The van der Waals surface area contributed by atoms with Crippen LogP contribution in [-0.4, -0.2) is 35.7 Å². The lowest BCUT2D eigenvalue weighted by Gasteiger charge is -2.21. The molecule has 0 aliphatic rings. The number of hydrogen-bond donors (Lipinski definition) is 7. The van der Waals surface area contributed by atoms with E-state index in [-0.39, 0.29) is 16.5 Å². The molecule has 8 heteroatoms. The van der Waals surface area contributed by atoms with E-state index in [1.54, 1.807) is 6.07 Å². The van der Waals surface area contributed by atoms with E-state index in [2.05, 4.69) is 72.8 Å². The summed E-state index contributed by atoms with van der Waals surface area (Å²) in [5, 5.41) is 83.3. The van der Waals surface area contributed by atoms with Gasteiger partial charge in [0.05, 0.1) is 5.39 Å². The molecule has 0 amide bonds. The first-order chi connectivity index (χ1) is 29.2. The Morgan fingerprint density at radius 2 is 0.800 bits per heavy atom. The van der Waals surface area contributed by atoms with E-state index in [1.165, 1.54) is 0 Å².